The number of nitrogens with zero attached hydrogens (tertiary/aromatic N) is 1. The minimum Gasteiger partial charge on any atom is -0.465 e. The molecule has 3 heteroatoms. The number of rotatable bonds is 7. The van der Waals surface area contributed by atoms with E-state index in [0.29, 0.717) is 6.04 Å². The molecule has 2 N–H and O–H groups in total. The van der Waals surface area contributed by atoms with Gasteiger partial charge in [-0.15, -0.1) is 0 Å². The summed E-state index contributed by atoms with van der Waals surface area (Å²) in [7, 11) is 2.15. The van der Waals surface area contributed by atoms with Crippen LogP contribution in [0.3, 0.4) is 0 Å². The third-order valence-corrected chi connectivity index (χ3v) is 3.77. The van der Waals surface area contributed by atoms with Crippen molar-refractivity contribution in [2.45, 2.75) is 65.1 Å². The van der Waals surface area contributed by atoms with Crippen LogP contribution in [0.1, 0.15) is 57.6 Å². The molecule has 0 bridgehead atoms. The molecule has 1 aromatic rings. The fourth-order valence-electron chi connectivity index (χ4n) is 2.44. The molecule has 0 aliphatic rings. The van der Waals surface area contributed by atoms with Crippen molar-refractivity contribution in [3.8, 4) is 0 Å². The number of aryl methyl sites for hydroxylation is 1. The molecule has 0 radical (unpaired) electrons. The quantitative estimate of drug-likeness (QED) is 0.807. The van der Waals surface area contributed by atoms with Gasteiger partial charge in [0.15, 0.2) is 0 Å². The zero-order chi connectivity index (χ0) is 13.7. The Morgan fingerprint density at radius 2 is 2.00 bits per heavy atom. The summed E-state index contributed by atoms with van der Waals surface area (Å²) in [6, 6.07) is 4.88. The molecule has 0 aliphatic heterocycles. The lowest BCUT2D eigenvalue weighted by Crippen LogP contribution is -2.42. The van der Waals surface area contributed by atoms with Crippen molar-refractivity contribution in [3.63, 3.8) is 0 Å². The second-order valence-corrected chi connectivity index (χ2v) is 5.27. The molecule has 0 saturated carbocycles. The Labute approximate surface area is 111 Å². The molecule has 1 rings (SSSR count). The molecule has 0 spiro atoms. The van der Waals surface area contributed by atoms with Gasteiger partial charge in [-0.05, 0) is 45.9 Å². The Bertz CT molecular complexity index is 348. The van der Waals surface area contributed by atoms with E-state index < -0.39 is 0 Å². The summed E-state index contributed by atoms with van der Waals surface area (Å²) in [5.41, 5.74) is 6.29. The van der Waals surface area contributed by atoms with Gasteiger partial charge < -0.3 is 10.2 Å². The Morgan fingerprint density at radius 3 is 2.44 bits per heavy atom. The summed E-state index contributed by atoms with van der Waals surface area (Å²) in [6.07, 6.45) is 3.33. The third kappa shape index (κ3) is 3.59. The maximum Gasteiger partial charge on any atom is 0.122 e. The molecule has 1 aromatic heterocycles. The first-order chi connectivity index (χ1) is 8.51. The van der Waals surface area contributed by atoms with Gasteiger partial charge in [0.05, 0.1) is 6.04 Å². The van der Waals surface area contributed by atoms with Crippen LogP contribution in [0.25, 0.3) is 0 Å². The zero-order valence-electron chi connectivity index (χ0n) is 12.4. The summed E-state index contributed by atoms with van der Waals surface area (Å²) in [5.74, 6) is 1.95. The normalized spacial score (nSPS) is 16.8. The molecule has 0 aliphatic carbocycles. The SMILES string of the molecule is CCCC(C)N(C)C(c1ccc(C)o1)C(N)CC. The van der Waals surface area contributed by atoms with E-state index in [1.54, 1.807) is 0 Å². The first-order valence-corrected chi connectivity index (χ1v) is 7.05. The highest BCUT2D eigenvalue weighted by Crippen LogP contribution is 2.28. The van der Waals surface area contributed by atoms with Crippen LogP contribution in [-0.2, 0) is 0 Å². The number of furan rings is 1. The maximum absolute atomic E-state index is 6.29. The molecular weight excluding hydrogens is 224 g/mol. The summed E-state index contributed by atoms with van der Waals surface area (Å²) < 4.78 is 5.80. The lowest BCUT2D eigenvalue weighted by molar-refractivity contribution is 0.131. The molecule has 3 atom stereocenters. The molecule has 0 saturated heterocycles. The van der Waals surface area contributed by atoms with Crippen LogP contribution in [0.2, 0.25) is 0 Å². The van der Waals surface area contributed by atoms with Crippen LogP contribution < -0.4 is 5.73 Å². The van der Waals surface area contributed by atoms with E-state index in [9.17, 15) is 0 Å². The van der Waals surface area contributed by atoms with Crippen molar-refractivity contribution in [2.75, 3.05) is 7.05 Å². The minimum absolute atomic E-state index is 0.111. The van der Waals surface area contributed by atoms with Crippen molar-refractivity contribution in [2.24, 2.45) is 5.73 Å². The number of likely N-dealkylation sites (N-methyl/N-ethyl adjacent to an activating group) is 1. The monoisotopic (exact) mass is 252 g/mol. The van der Waals surface area contributed by atoms with Crippen molar-refractivity contribution in [1.29, 1.82) is 0 Å². The third-order valence-electron chi connectivity index (χ3n) is 3.77. The Kier molecular flexibility index (Phi) is 5.89. The number of nitrogens with two attached hydrogens (primary N) is 1. The van der Waals surface area contributed by atoms with Gasteiger partial charge in [0.25, 0.3) is 0 Å². The first-order valence-electron chi connectivity index (χ1n) is 7.05. The van der Waals surface area contributed by atoms with Gasteiger partial charge in [0, 0.05) is 12.1 Å². The highest BCUT2D eigenvalue weighted by atomic mass is 16.3. The standard InChI is InChI=1S/C15H28N2O/c1-6-8-11(3)17(5)15(13(16)7-2)14-10-9-12(4)18-14/h9-11,13,15H,6-8,16H2,1-5H3. The Hall–Kier alpha value is -0.800. The smallest absolute Gasteiger partial charge is 0.122 e. The van der Waals surface area contributed by atoms with E-state index in [4.69, 9.17) is 10.2 Å². The van der Waals surface area contributed by atoms with Crippen LogP contribution in [-0.4, -0.2) is 24.0 Å². The maximum atomic E-state index is 6.29. The predicted molar refractivity (Wildman–Crippen MR) is 76.6 cm³/mol. The highest BCUT2D eigenvalue weighted by Gasteiger charge is 2.28. The number of hydrogen-bond donors (Lipinski definition) is 1. The molecule has 18 heavy (non-hydrogen) atoms. The fraction of sp³-hybridized carbons (Fsp3) is 0.733. The van der Waals surface area contributed by atoms with Crippen LogP contribution in [0.5, 0.6) is 0 Å². The van der Waals surface area contributed by atoms with Gasteiger partial charge in [-0.2, -0.15) is 0 Å². The van der Waals surface area contributed by atoms with Crippen LogP contribution in [0, 0.1) is 6.92 Å². The molecule has 0 amide bonds. The van der Waals surface area contributed by atoms with Crippen molar-refractivity contribution >= 4 is 0 Å². The van der Waals surface area contributed by atoms with E-state index >= 15 is 0 Å². The summed E-state index contributed by atoms with van der Waals surface area (Å²) in [5, 5.41) is 0. The van der Waals surface area contributed by atoms with E-state index in [-0.39, 0.29) is 12.1 Å². The van der Waals surface area contributed by atoms with Gasteiger partial charge >= 0.3 is 0 Å². The van der Waals surface area contributed by atoms with Gasteiger partial charge in [-0.1, -0.05) is 20.3 Å². The molecule has 3 unspecified atom stereocenters. The molecular formula is C15H28N2O. The minimum atomic E-state index is 0.111. The van der Waals surface area contributed by atoms with Gasteiger partial charge in [0.2, 0.25) is 0 Å². The second-order valence-electron chi connectivity index (χ2n) is 5.27. The molecule has 0 aromatic carbocycles. The largest absolute Gasteiger partial charge is 0.465 e. The molecule has 1 heterocycles. The van der Waals surface area contributed by atoms with Crippen molar-refractivity contribution in [3.05, 3.63) is 23.7 Å². The van der Waals surface area contributed by atoms with Crippen molar-refractivity contribution < 1.29 is 4.42 Å². The number of hydrogen-bond acceptors (Lipinski definition) is 3. The second kappa shape index (κ2) is 6.95. The first kappa shape index (κ1) is 15.3. The fourth-order valence-corrected chi connectivity index (χ4v) is 2.44. The van der Waals surface area contributed by atoms with Gasteiger partial charge in [-0.3, -0.25) is 4.90 Å². The summed E-state index contributed by atoms with van der Waals surface area (Å²) >= 11 is 0. The lowest BCUT2D eigenvalue weighted by atomic mass is 10.00. The summed E-state index contributed by atoms with van der Waals surface area (Å²) in [4.78, 5) is 2.36. The Morgan fingerprint density at radius 1 is 1.33 bits per heavy atom. The van der Waals surface area contributed by atoms with E-state index in [0.717, 1.165) is 17.9 Å². The molecule has 3 nitrogen and oxygen atoms in total. The van der Waals surface area contributed by atoms with Crippen LogP contribution in [0.4, 0.5) is 0 Å². The average molecular weight is 252 g/mol. The zero-order valence-corrected chi connectivity index (χ0v) is 12.4. The van der Waals surface area contributed by atoms with E-state index in [1.165, 1.54) is 12.8 Å². The topological polar surface area (TPSA) is 42.4 Å². The Balaban J connectivity index is 2.91. The van der Waals surface area contributed by atoms with Crippen LogP contribution in [0.15, 0.2) is 16.5 Å². The van der Waals surface area contributed by atoms with E-state index in [2.05, 4.69) is 38.8 Å². The molecule has 0 fully saturated rings. The lowest BCUT2D eigenvalue weighted by Gasteiger charge is -2.35. The van der Waals surface area contributed by atoms with Gasteiger partial charge in [0.1, 0.15) is 11.5 Å². The van der Waals surface area contributed by atoms with E-state index in [1.807, 2.05) is 13.0 Å². The van der Waals surface area contributed by atoms with Crippen LogP contribution >= 0.6 is 0 Å². The predicted octanol–water partition coefficient (Wildman–Crippen LogP) is 3.49. The van der Waals surface area contributed by atoms with Gasteiger partial charge in [-0.25, -0.2) is 0 Å². The summed E-state index contributed by atoms with van der Waals surface area (Å²) in [6.45, 7) is 8.59. The molecule has 104 valence electrons. The average Bonchev–Trinajstić information content (AvgIpc) is 2.75. The van der Waals surface area contributed by atoms with Crippen molar-refractivity contribution in [1.82, 2.24) is 4.90 Å². The highest BCUT2D eigenvalue weighted by molar-refractivity contribution is 5.12.